The summed E-state index contributed by atoms with van der Waals surface area (Å²) in [5, 5.41) is 6.66. The van der Waals surface area contributed by atoms with Crippen molar-refractivity contribution in [3.63, 3.8) is 0 Å². The summed E-state index contributed by atoms with van der Waals surface area (Å²) < 4.78 is 0. The van der Waals surface area contributed by atoms with E-state index in [1.807, 2.05) is 18.2 Å². The normalized spacial score (nSPS) is 14.4. The molecule has 0 atom stereocenters. The largest absolute Gasteiger partial charge is 0.357 e. The van der Waals surface area contributed by atoms with E-state index in [2.05, 4.69) is 28.6 Å². The fourth-order valence-electron chi connectivity index (χ4n) is 2.55. The van der Waals surface area contributed by atoms with E-state index >= 15 is 0 Å². The molecular weight excluding hydrogens is 300 g/mol. The zero-order chi connectivity index (χ0) is 17.4. The Morgan fingerprint density at radius 3 is 2.75 bits per heavy atom. The van der Waals surface area contributed by atoms with Crippen LogP contribution < -0.4 is 10.6 Å². The lowest BCUT2D eigenvalue weighted by Crippen LogP contribution is -2.38. The Balaban J connectivity index is 1.82. The molecule has 1 aromatic rings. The van der Waals surface area contributed by atoms with Crippen LogP contribution in [0.4, 0.5) is 0 Å². The van der Waals surface area contributed by atoms with Gasteiger partial charge in [-0.25, -0.2) is 0 Å². The van der Waals surface area contributed by atoms with Gasteiger partial charge in [0.25, 0.3) is 5.91 Å². The second-order valence-electron chi connectivity index (χ2n) is 6.57. The minimum absolute atomic E-state index is 0.0415. The molecule has 0 aliphatic heterocycles. The Hall–Kier alpha value is -2.04. The Labute approximate surface area is 145 Å². The maximum absolute atomic E-state index is 12.0. The molecule has 0 aromatic heterocycles. The third-order valence-electron chi connectivity index (χ3n) is 4.13. The van der Waals surface area contributed by atoms with E-state index in [-0.39, 0.29) is 5.91 Å². The lowest BCUT2D eigenvalue weighted by atomic mass is 10.1. The molecule has 2 rings (SSSR count). The Kier molecular flexibility index (Phi) is 7.09. The molecule has 1 fully saturated rings. The van der Waals surface area contributed by atoms with Gasteiger partial charge in [-0.3, -0.25) is 9.79 Å². The highest BCUT2D eigenvalue weighted by Crippen LogP contribution is 2.32. The summed E-state index contributed by atoms with van der Waals surface area (Å²) in [5.74, 6) is 1.84. The van der Waals surface area contributed by atoms with Crippen LogP contribution in [-0.4, -0.2) is 50.5 Å². The molecule has 1 saturated carbocycles. The molecule has 0 unspecified atom stereocenters. The monoisotopic (exact) mass is 330 g/mol. The second-order valence-corrected chi connectivity index (χ2v) is 6.57. The zero-order valence-electron chi connectivity index (χ0n) is 15.1. The number of carbonyl (C=O) groups is 1. The third kappa shape index (κ3) is 6.22. The van der Waals surface area contributed by atoms with Gasteiger partial charge < -0.3 is 15.5 Å². The number of benzene rings is 1. The standard InChI is InChI=1S/C19H30N4O/c1-4-20-19(21-12-10-15-8-9-15)22-13-11-16-6-5-7-17(14-16)18(24)23(2)3/h5-7,14-15H,4,8-13H2,1-3H3,(H2,20,21,22). The van der Waals surface area contributed by atoms with Gasteiger partial charge in [0.15, 0.2) is 5.96 Å². The van der Waals surface area contributed by atoms with Crippen LogP contribution in [0.2, 0.25) is 0 Å². The highest BCUT2D eigenvalue weighted by atomic mass is 16.2. The maximum atomic E-state index is 12.0. The number of rotatable bonds is 8. The predicted molar refractivity (Wildman–Crippen MR) is 99.5 cm³/mol. The van der Waals surface area contributed by atoms with Crippen molar-refractivity contribution in [1.82, 2.24) is 15.5 Å². The van der Waals surface area contributed by atoms with Gasteiger partial charge >= 0.3 is 0 Å². The van der Waals surface area contributed by atoms with E-state index in [0.29, 0.717) is 0 Å². The van der Waals surface area contributed by atoms with E-state index in [4.69, 9.17) is 0 Å². The van der Waals surface area contributed by atoms with Gasteiger partial charge in [-0.15, -0.1) is 0 Å². The van der Waals surface area contributed by atoms with Crippen molar-refractivity contribution in [2.24, 2.45) is 10.9 Å². The Morgan fingerprint density at radius 1 is 1.29 bits per heavy atom. The average molecular weight is 330 g/mol. The summed E-state index contributed by atoms with van der Waals surface area (Å²) in [7, 11) is 3.55. The number of hydrogen-bond acceptors (Lipinski definition) is 2. The molecule has 1 aliphatic rings. The molecule has 1 amide bonds. The summed E-state index contributed by atoms with van der Waals surface area (Å²) in [6.45, 7) is 4.64. The first kappa shape index (κ1) is 18.3. The molecule has 0 saturated heterocycles. The van der Waals surface area contributed by atoms with Crippen molar-refractivity contribution in [2.75, 3.05) is 33.7 Å². The van der Waals surface area contributed by atoms with Crippen LogP contribution in [0.15, 0.2) is 29.3 Å². The number of hydrogen-bond donors (Lipinski definition) is 2. The van der Waals surface area contributed by atoms with Crippen LogP contribution in [0.1, 0.15) is 42.1 Å². The van der Waals surface area contributed by atoms with Crippen LogP contribution >= 0.6 is 0 Å². The minimum Gasteiger partial charge on any atom is -0.357 e. The molecular formula is C19H30N4O. The van der Waals surface area contributed by atoms with Crippen molar-refractivity contribution in [1.29, 1.82) is 0 Å². The number of amides is 1. The first-order valence-electron chi connectivity index (χ1n) is 8.93. The first-order chi connectivity index (χ1) is 11.6. The first-order valence-corrected chi connectivity index (χ1v) is 8.93. The Bertz CT molecular complexity index is 564. The molecule has 24 heavy (non-hydrogen) atoms. The van der Waals surface area contributed by atoms with Crippen molar-refractivity contribution < 1.29 is 4.79 Å². The summed E-state index contributed by atoms with van der Waals surface area (Å²) in [6, 6.07) is 7.84. The van der Waals surface area contributed by atoms with Gasteiger partial charge in [0.1, 0.15) is 0 Å². The lowest BCUT2D eigenvalue weighted by molar-refractivity contribution is 0.0827. The van der Waals surface area contributed by atoms with Crippen LogP contribution in [0.3, 0.4) is 0 Å². The lowest BCUT2D eigenvalue weighted by Gasteiger charge is -2.13. The van der Waals surface area contributed by atoms with Crippen molar-refractivity contribution in [3.05, 3.63) is 35.4 Å². The van der Waals surface area contributed by atoms with E-state index in [0.717, 1.165) is 49.1 Å². The molecule has 1 aromatic carbocycles. The summed E-state index contributed by atoms with van der Waals surface area (Å²) in [6.07, 6.45) is 4.82. The molecule has 0 bridgehead atoms. The molecule has 0 heterocycles. The number of aliphatic imine (C=N–C) groups is 1. The number of nitrogens with one attached hydrogen (secondary N) is 2. The minimum atomic E-state index is 0.0415. The summed E-state index contributed by atoms with van der Waals surface area (Å²) in [4.78, 5) is 18.3. The van der Waals surface area contributed by atoms with Crippen molar-refractivity contribution >= 4 is 11.9 Å². The number of carbonyl (C=O) groups excluding carboxylic acids is 1. The average Bonchev–Trinajstić information content (AvgIpc) is 3.38. The topological polar surface area (TPSA) is 56.7 Å². The molecule has 0 radical (unpaired) electrons. The summed E-state index contributed by atoms with van der Waals surface area (Å²) in [5.41, 5.74) is 1.89. The van der Waals surface area contributed by atoms with Gasteiger partial charge in [0, 0.05) is 39.3 Å². The van der Waals surface area contributed by atoms with E-state index in [1.165, 1.54) is 19.3 Å². The van der Waals surface area contributed by atoms with E-state index in [1.54, 1.807) is 19.0 Å². The zero-order valence-corrected chi connectivity index (χ0v) is 15.1. The van der Waals surface area contributed by atoms with Crippen molar-refractivity contribution in [2.45, 2.75) is 32.6 Å². The van der Waals surface area contributed by atoms with Gasteiger partial charge in [-0.1, -0.05) is 25.0 Å². The highest BCUT2D eigenvalue weighted by molar-refractivity contribution is 5.94. The molecule has 5 heteroatoms. The maximum Gasteiger partial charge on any atom is 0.253 e. The molecule has 2 N–H and O–H groups in total. The second kappa shape index (κ2) is 9.30. The van der Waals surface area contributed by atoms with E-state index in [9.17, 15) is 4.79 Å². The van der Waals surface area contributed by atoms with Gasteiger partial charge in [0.05, 0.1) is 0 Å². The van der Waals surface area contributed by atoms with Crippen LogP contribution in [0, 0.1) is 5.92 Å². The fraction of sp³-hybridized carbons (Fsp3) is 0.579. The molecule has 1 aliphatic carbocycles. The molecule has 5 nitrogen and oxygen atoms in total. The smallest absolute Gasteiger partial charge is 0.253 e. The van der Waals surface area contributed by atoms with Crippen LogP contribution in [0.5, 0.6) is 0 Å². The fourth-order valence-corrected chi connectivity index (χ4v) is 2.55. The number of guanidine groups is 1. The molecule has 132 valence electrons. The SMILES string of the molecule is CCNC(=NCCC1CC1)NCCc1cccc(C(=O)N(C)C)c1. The van der Waals surface area contributed by atoms with Crippen LogP contribution in [-0.2, 0) is 6.42 Å². The Morgan fingerprint density at radius 2 is 2.08 bits per heavy atom. The third-order valence-corrected chi connectivity index (χ3v) is 4.13. The quantitative estimate of drug-likeness (QED) is 0.568. The highest BCUT2D eigenvalue weighted by Gasteiger charge is 2.20. The predicted octanol–water partition coefficient (Wildman–Crippen LogP) is 2.29. The van der Waals surface area contributed by atoms with Gasteiger partial charge in [0.2, 0.25) is 0 Å². The number of nitrogens with zero attached hydrogens (tertiary/aromatic N) is 2. The van der Waals surface area contributed by atoms with Crippen molar-refractivity contribution in [3.8, 4) is 0 Å². The summed E-state index contributed by atoms with van der Waals surface area (Å²) >= 11 is 0. The van der Waals surface area contributed by atoms with E-state index < -0.39 is 0 Å². The molecule has 0 spiro atoms. The van der Waals surface area contributed by atoms with Gasteiger partial charge in [-0.05, 0) is 43.4 Å². The van der Waals surface area contributed by atoms with Gasteiger partial charge in [-0.2, -0.15) is 0 Å². The van der Waals surface area contributed by atoms with Crippen LogP contribution in [0.25, 0.3) is 0 Å².